The number of nitrogens with zero attached hydrogens (tertiary/aromatic N) is 4. The predicted molar refractivity (Wildman–Crippen MR) is 131 cm³/mol. The average Bonchev–Trinajstić information content (AvgIpc) is 3.52. The molecule has 9 nitrogen and oxygen atoms in total. The first-order valence-corrected chi connectivity index (χ1v) is 13.0. The summed E-state index contributed by atoms with van der Waals surface area (Å²) < 4.78 is 7.43. The molecule has 4 heterocycles. The van der Waals surface area contributed by atoms with Crippen molar-refractivity contribution < 1.29 is 9.21 Å². The molecule has 2 unspecified atom stereocenters. The molecular formula is C23H26N6O3S2. The standard InChI is InChI=1S/C23H26N6O3S2/c1-12-5-6-15-16(10-12)34-22-19(15)21(31)25-20(26-22)13(2)33-23-28-27-18(8-7-17(24)30)29(23)11-14-4-3-9-32-14/h3-4,9,12-13H,5-8,10-11H2,1-2H3,(H2,24,30)(H,25,26,31). The van der Waals surface area contributed by atoms with Gasteiger partial charge in [0, 0.05) is 17.7 Å². The Kier molecular flexibility index (Phi) is 6.30. The van der Waals surface area contributed by atoms with Gasteiger partial charge in [0.1, 0.15) is 22.2 Å². The Morgan fingerprint density at radius 3 is 3.06 bits per heavy atom. The van der Waals surface area contributed by atoms with Crippen LogP contribution < -0.4 is 11.3 Å². The number of fused-ring (bicyclic) bond motifs is 3. The zero-order chi connectivity index (χ0) is 23.8. The molecule has 0 spiro atoms. The van der Waals surface area contributed by atoms with E-state index < -0.39 is 5.91 Å². The monoisotopic (exact) mass is 498 g/mol. The highest BCUT2D eigenvalue weighted by atomic mass is 32.2. The number of nitrogens with one attached hydrogen (secondary N) is 1. The molecule has 34 heavy (non-hydrogen) atoms. The molecule has 0 fully saturated rings. The first-order valence-electron chi connectivity index (χ1n) is 11.3. The third kappa shape index (κ3) is 4.54. The summed E-state index contributed by atoms with van der Waals surface area (Å²) in [5.74, 6) is 2.26. The number of H-pyrrole nitrogens is 1. The lowest BCUT2D eigenvalue weighted by Crippen LogP contribution is -2.15. The molecule has 4 aromatic heterocycles. The maximum atomic E-state index is 13.0. The van der Waals surface area contributed by atoms with Crippen LogP contribution in [0.25, 0.3) is 10.2 Å². The summed E-state index contributed by atoms with van der Waals surface area (Å²) in [6, 6.07) is 3.70. The number of carbonyl (C=O) groups excluding carboxylic acids is 1. The van der Waals surface area contributed by atoms with Crippen molar-refractivity contribution in [2.24, 2.45) is 11.7 Å². The van der Waals surface area contributed by atoms with E-state index >= 15 is 0 Å². The summed E-state index contributed by atoms with van der Waals surface area (Å²) in [6.45, 7) is 4.67. The van der Waals surface area contributed by atoms with Gasteiger partial charge in [0.05, 0.1) is 23.4 Å². The molecule has 0 radical (unpaired) electrons. The first-order chi connectivity index (χ1) is 16.4. The number of furan rings is 1. The van der Waals surface area contributed by atoms with Crippen molar-refractivity contribution in [2.45, 2.75) is 62.9 Å². The van der Waals surface area contributed by atoms with Crippen LogP contribution in [-0.4, -0.2) is 30.6 Å². The van der Waals surface area contributed by atoms with E-state index in [1.165, 1.54) is 22.2 Å². The fraction of sp³-hybridized carbons (Fsp3) is 0.435. The molecule has 0 aromatic carbocycles. The summed E-state index contributed by atoms with van der Waals surface area (Å²) in [5, 5.41) is 9.88. The lowest BCUT2D eigenvalue weighted by atomic mass is 9.89. The second-order valence-electron chi connectivity index (χ2n) is 8.77. The van der Waals surface area contributed by atoms with Crippen LogP contribution >= 0.6 is 23.1 Å². The molecule has 1 aliphatic carbocycles. The molecule has 4 aromatic rings. The molecular weight excluding hydrogens is 472 g/mol. The van der Waals surface area contributed by atoms with Crippen molar-refractivity contribution in [3.05, 3.63) is 56.6 Å². The minimum Gasteiger partial charge on any atom is -0.467 e. The van der Waals surface area contributed by atoms with Crippen molar-refractivity contribution in [1.82, 2.24) is 24.7 Å². The summed E-state index contributed by atoms with van der Waals surface area (Å²) in [6.07, 6.45) is 5.25. The second kappa shape index (κ2) is 9.38. The van der Waals surface area contributed by atoms with Gasteiger partial charge >= 0.3 is 0 Å². The highest BCUT2D eigenvalue weighted by molar-refractivity contribution is 7.99. The number of thioether (sulfide) groups is 1. The fourth-order valence-electron chi connectivity index (χ4n) is 4.32. The van der Waals surface area contributed by atoms with E-state index in [2.05, 4.69) is 22.1 Å². The van der Waals surface area contributed by atoms with E-state index in [4.69, 9.17) is 15.1 Å². The van der Waals surface area contributed by atoms with E-state index in [0.717, 1.165) is 35.2 Å². The van der Waals surface area contributed by atoms with Crippen LogP contribution in [-0.2, 0) is 30.6 Å². The van der Waals surface area contributed by atoms with Crippen LogP contribution in [0.5, 0.6) is 0 Å². The summed E-state index contributed by atoms with van der Waals surface area (Å²) >= 11 is 3.10. The Morgan fingerprint density at radius 2 is 2.29 bits per heavy atom. The quantitative estimate of drug-likeness (QED) is 0.355. The van der Waals surface area contributed by atoms with E-state index in [-0.39, 0.29) is 17.2 Å². The molecule has 0 saturated carbocycles. The molecule has 3 N–H and O–H groups in total. The van der Waals surface area contributed by atoms with Crippen LogP contribution in [0.3, 0.4) is 0 Å². The van der Waals surface area contributed by atoms with Gasteiger partial charge in [-0.3, -0.25) is 14.2 Å². The topological polar surface area (TPSA) is 133 Å². The van der Waals surface area contributed by atoms with Crippen LogP contribution in [0.2, 0.25) is 0 Å². The number of carbonyl (C=O) groups is 1. The Balaban J connectivity index is 1.44. The van der Waals surface area contributed by atoms with Gasteiger partial charge in [-0.05, 0) is 49.8 Å². The van der Waals surface area contributed by atoms with Gasteiger partial charge in [0.15, 0.2) is 5.16 Å². The Labute approximate surface area is 204 Å². The van der Waals surface area contributed by atoms with Crippen LogP contribution in [0.4, 0.5) is 0 Å². The number of amides is 1. The Hall–Kier alpha value is -2.92. The van der Waals surface area contributed by atoms with Crippen molar-refractivity contribution in [3.63, 3.8) is 0 Å². The number of aromatic nitrogens is 5. The maximum absolute atomic E-state index is 13.0. The number of primary amides is 1. The fourth-order valence-corrected chi connectivity index (χ4v) is 6.63. The van der Waals surface area contributed by atoms with Crippen molar-refractivity contribution in [1.29, 1.82) is 0 Å². The van der Waals surface area contributed by atoms with Crippen molar-refractivity contribution >= 4 is 39.2 Å². The van der Waals surface area contributed by atoms with E-state index in [9.17, 15) is 9.59 Å². The first kappa shape index (κ1) is 22.9. The van der Waals surface area contributed by atoms with Crippen LogP contribution in [0.1, 0.15) is 59.8 Å². The Bertz CT molecular complexity index is 1390. The van der Waals surface area contributed by atoms with Gasteiger partial charge in [-0.2, -0.15) is 0 Å². The van der Waals surface area contributed by atoms with Gasteiger partial charge in [-0.15, -0.1) is 21.5 Å². The molecule has 5 rings (SSSR count). The number of aryl methyl sites for hydroxylation is 2. The maximum Gasteiger partial charge on any atom is 0.259 e. The number of hydrogen-bond donors (Lipinski definition) is 2. The normalized spacial score (nSPS) is 16.6. The van der Waals surface area contributed by atoms with Crippen LogP contribution in [0, 0.1) is 5.92 Å². The van der Waals surface area contributed by atoms with Gasteiger partial charge in [-0.25, -0.2) is 4.98 Å². The predicted octanol–water partition coefficient (Wildman–Crippen LogP) is 3.61. The smallest absolute Gasteiger partial charge is 0.259 e. The number of thiophene rings is 1. The van der Waals surface area contributed by atoms with Crippen molar-refractivity contribution in [3.8, 4) is 0 Å². The van der Waals surface area contributed by atoms with Gasteiger partial charge < -0.3 is 15.1 Å². The largest absolute Gasteiger partial charge is 0.467 e. The third-order valence-corrected chi connectivity index (χ3v) is 8.37. The minimum absolute atomic E-state index is 0.0706. The highest BCUT2D eigenvalue weighted by Gasteiger charge is 2.25. The molecule has 11 heteroatoms. The van der Waals surface area contributed by atoms with Gasteiger partial charge in [-0.1, -0.05) is 18.7 Å². The molecule has 178 valence electrons. The number of hydrogen-bond acceptors (Lipinski definition) is 8. The Morgan fingerprint density at radius 1 is 1.44 bits per heavy atom. The van der Waals surface area contributed by atoms with E-state index in [1.54, 1.807) is 17.6 Å². The lowest BCUT2D eigenvalue weighted by Gasteiger charge is -2.17. The molecule has 0 aliphatic heterocycles. The molecule has 1 amide bonds. The van der Waals surface area contributed by atoms with Crippen LogP contribution in [0.15, 0.2) is 32.8 Å². The lowest BCUT2D eigenvalue weighted by molar-refractivity contribution is -0.118. The zero-order valence-electron chi connectivity index (χ0n) is 19.0. The molecule has 0 saturated heterocycles. The third-order valence-electron chi connectivity index (χ3n) is 6.13. The van der Waals surface area contributed by atoms with E-state index in [0.29, 0.717) is 35.7 Å². The van der Waals surface area contributed by atoms with Gasteiger partial charge in [0.2, 0.25) is 5.91 Å². The SMILES string of the molecule is CC1CCc2c(sc3nc(C(C)Sc4nnc(CCC(N)=O)n4Cc4ccco4)[nH]c(=O)c23)C1. The molecule has 0 bridgehead atoms. The summed E-state index contributed by atoms with van der Waals surface area (Å²) in [5.41, 5.74) is 6.44. The number of rotatable bonds is 8. The molecule has 1 aliphatic rings. The average molecular weight is 499 g/mol. The molecule has 2 atom stereocenters. The zero-order valence-corrected chi connectivity index (χ0v) is 20.7. The van der Waals surface area contributed by atoms with Crippen molar-refractivity contribution in [2.75, 3.05) is 0 Å². The summed E-state index contributed by atoms with van der Waals surface area (Å²) in [4.78, 5) is 34.3. The number of aromatic amines is 1. The van der Waals surface area contributed by atoms with Gasteiger partial charge in [0.25, 0.3) is 5.56 Å². The summed E-state index contributed by atoms with van der Waals surface area (Å²) in [7, 11) is 0. The highest BCUT2D eigenvalue weighted by Crippen LogP contribution is 2.37. The second-order valence-corrected chi connectivity index (χ2v) is 11.2. The minimum atomic E-state index is -0.391. The van der Waals surface area contributed by atoms with E-state index in [1.807, 2.05) is 23.6 Å². The number of nitrogens with two attached hydrogens (primary N) is 1.